The highest BCUT2D eigenvalue weighted by molar-refractivity contribution is 6.06. The summed E-state index contributed by atoms with van der Waals surface area (Å²) in [6, 6.07) is 6.81. The quantitative estimate of drug-likeness (QED) is 0.863. The summed E-state index contributed by atoms with van der Waals surface area (Å²) in [6.45, 7) is 8.48. The van der Waals surface area contributed by atoms with E-state index in [9.17, 15) is 4.79 Å². The first kappa shape index (κ1) is 15.3. The Bertz CT molecular complexity index is 529. The molecule has 1 amide bonds. The Morgan fingerprint density at radius 2 is 2.10 bits per heavy atom. The molecule has 0 aromatic heterocycles. The van der Waals surface area contributed by atoms with Crippen LogP contribution in [0.25, 0.3) is 0 Å². The van der Waals surface area contributed by atoms with Crippen molar-refractivity contribution in [2.45, 2.75) is 45.1 Å². The summed E-state index contributed by atoms with van der Waals surface area (Å²) in [5.74, 6) is 0.193. The fraction of sp³-hybridized carbons (Fsp3) is 0.562. The largest absolute Gasteiger partial charge is 0.325 e. The first-order valence-corrected chi connectivity index (χ1v) is 7.19. The predicted molar refractivity (Wildman–Crippen MR) is 84.7 cm³/mol. The summed E-state index contributed by atoms with van der Waals surface area (Å²) in [6.07, 6.45) is 2.07. The Labute approximate surface area is 127 Å². The molecule has 0 aliphatic carbocycles. The number of carbonyl (C=O) groups excluding carboxylic acids is 1. The number of anilines is 1. The molecule has 0 radical (unpaired) electrons. The Kier molecular flexibility index (Phi) is 4.12. The van der Waals surface area contributed by atoms with Crippen molar-refractivity contribution >= 4 is 24.0 Å². The number of nitrogens with one attached hydrogen (secondary N) is 1. The molecule has 1 spiro atoms. The van der Waals surface area contributed by atoms with E-state index >= 15 is 0 Å². The third kappa shape index (κ3) is 2.23. The highest BCUT2D eigenvalue weighted by Crippen LogP contribution is 2.44. The first-order chi connectivity index (χ1) is 9.03. The number of aryl methyl sites for hydroxylation is 1. The van der Waals surface area contributed by atoms with Crippen molar-refractivity contribution < 1.29 is 4.79 Å². The number of hydrogen-bond donors (Lipinski definition) is 1. The minimum Gasteiger partial charge on any atom is -0.325 e. The Balaban J connectivity index is 0.00000147. The second-order valence-corrected chi connectivity index (χ2v) is 6.25. The summed E-state index contributed by atoms with van der Waals surface area (Å²) in [5.41, 5.74) is 3.14. The van der Waals surface area contributed by atoms with Crippen LogP contribution in [0.2, 0.25) is 0 Å². The fourth-order valence-electron chi connectivity index (χ4n) is 3.46. The van der Waals surface area contributed by atoms with Gasteiger partial charge in [0.1, 0.15) is 0 Å². The van der Waals surface area contributed by atoms with E-state index in [4.69, 9.17) is 0 Å². The van der Waals surface area contributed by atoms with E-state index in [-0.39, 0.29) is 23.7 Å². The van der Waals surface area contributed by atoms with Crippen molar-refractivity contribution in [2.24, 2.45) is 0 Å². The van der Waals surface area contributed by atoms with Crippen LogP contribution in [0, 0.1) is 6.92 Å². The van der Waals surface area contributed by atoms with Crippen LogP contribution in [0.1, 0.15) is 37.8 Å². The molecule has 0 bridgehead atoms. The van der Waals surface area contributed by atoms with Crippen LogP contribution in [0.5, 0.6) is 0 Å². The summed E-state index contributed by atoms with van der Waals surface area (Å²) < 4.78 is 0. The van der Waals surface area contributed by atoms with Crippen molar-refractivity contribution in [1.82, 2.24) is 4.90 Å². The topological polar surface area (TPSA) is 32.3 Å². The molecule has 0 saturated carbocycles. The van der Waals surface area contributed by atoms with Crippen molar-refractivity contribution in [3.8, 4) is 0 Å². The zero-order valence-electron chi connectivity index (χ0n) is 12.4. The highest BCUT2D eigenvalue weighted by Gasteiger charge is 2.49. The molecule has 3 nitrogen and oxygen atoms in total. The number of halogens is 1. The zero-order chi connectivity index (χ0) is 13.6. The standard InChI is InChI=1S/C16H22N2O.ClH/c1-11(2)18-8-4-7-16(10-18)13-9-12(3)5-6-14(13)17-15(16)19;/h5-6,9,11H,4,7-8,10H2,1-3H3,(H,17,19);1H. The number of amides is 1. The van der Waals surface area contributed by atoms with E-state index in [2.05, 4.69) is 43.1 Å². The minimum atomic E-state index is -0.316. The summed E-state index contributed by atoms with van der Waals surface area (Å²) in [7, 11) is 0. The average molecular weight is 295 g/mol. The van der Waals surface area contributed by atoms with Crippen molar-refractivity contribution in [2.75, 3.05) is 18.4 Å². The van der Waals surface area contributed by atoms with Gasteiger partial charge in [-0.05, 0) is 51.8 Å². The monoisotopic (exact) mass is 294 g/mol. The highest BCUT2D eigenvalue weighted by atomic mass is 35.5. The van der Waals surface area contributed by atoms with E-state index in [0.29, 0.717) is 6.04 Å². The number of benzene rings is 1. The molecule has 2 aliphatic rings. The third-order valence-corrected chi connectivity index (χ3v) is 4.63. The average Bonchev–Trinajstić information content (AvgIpc) is 2.63. The van der Waals surface area contributed by atoms with Crippen LogP contribution in [-0.2, 0) is 10.2 Å². The second-order valence-electron chi connectivity index (χ2n) is 6.25. The molecule has 1 fully saturated rings. The molecule has 1 atom stereocenters. The molecule has 2 heterocycles. The third-order valence-electron chi connectivity index (χ3n) is 4.63. The smallest absolute Gasteiger partial charge is 0.236 e. The molecular weight excluding hydrogens is 272 g/mol. The number of fused-ring (bicyclic) bond motifs is 2. The fourth-order valence-corrected chi connectivity index (χ4v) is 3.46. The van der Waals surface area contributed by atoms with Crippen LogP contribution >= 0.6 is 12.4 Å². The van der Waals surface area contributed by atoms with E-state index in [0.717, 1.165) is 31.6 Å². The normalized spacial score (nSPS) is 25.5. The second kappa shape index (κ2) is 5.38. The van der Waals surface area contributed by atoms with Gasteiger partial charge in [-0.25, -0.2) is 0 Å². The molecule has 20 heavy (non-hydrogen) atoms. The first-order valence-electron chi connectivity index (χ1n) is 7.19. The SMILES string of the molecule is Cc1ccc2c(c1)C1(CCCN(C(C)C)C1)C(=O)N2.Cl. The van der Waals surface area contributed by atoms with Crippen LogP contribution in [0.3, 0.4) is 0 Å². The molecule has 3 rings (SSSR count). The number of likely N-dealkylation sites (tertiary alicyclic amines) is 1. The van der Waals surface area contributed by atoms with E-state index in [1.54, 1.807) is 0 Å². The maximum Gasteiger partial charge on any atom is 0.236 e. The van der Waals surface area contributed by atoms with E-state index in [1.165, 1.54) is 11.1 Å². The van der Waals surface area contributed by atoms with Gasteiger partial charge in [-0.2, -0.15) is 0 Å². The molecule has 110 valence electrons. The number of piperidine rings is 1. The Morgan fingerprint density at radius 1 is 1.35 bits per heavy atom. The van der Waals surface area contributed by atoms with Gasteiger partial charge in [0.2, 0.25) is 5.91 Å². The van der Waals surface area contributed by atoms with Crippen LogP contribution in [0.4, 0.5) is 5.69 Å². The molecule has 1 unspecified atom stereocenters. The lowest BCUT2D eigenvalue weighted by molar-refractivity contribution is -0.123. The minimum absolute atomic E-state index is 0. The van der Waals surface area contributed by atoms with Gasteiger partial charge in [-0.1, -0.05) is 17.7 Å². The zero-order valence-corrected chi connectivity index (χ0v) is 13.2. The molecular formula is C16H23ClN2O. The molecule has 2 aliphatic heterocycles. The molecule has 1 aromatic rings. The van der Waals surface area contributed by atoms with Gasteiger partial charge in [0.05, 0.1) is 5.41 Å². The van der Waals surface area contributed by atoms with Gasteiger partial charge < -0.3 is 5.32 Å². The van der Waals surface area contributed by atoms with Crippen molar-refractivity contribution in [3.05, 3.63) is 29.3 Å². The summed E-state index contributed by atoms with van der Waals surface area (Å²) in [4.78, 5) is 15.0. The van der Waals surface area contributed by atoms with Gasteiger partial charge in [0.15, 0.2) is 0 Å². The summed E-state index contributed by atoms with van der Waals surface area (Å²) >= 11 is 0. The number of nitrogens with zero attached hydrogens (tertiary/aromatic N) is 1. The molecule has 1 saturated heterocycles. The van der Waals surface area contributed by atoms with Gasteiger partial charge in [0.25, 0.3) is 0 Å². The van der Waals surface area contributed by atoms with Gasteiger partial charge in [-0.3, -0.25) is 9.69 Å². The maximum absolute atomic E-state index is 12.5. The van der Waals surface area contributed by atoms with Crippen molar-refractivity contribution in [3.63, 3.8) is 0 Å². The lowest BCUT2D eigenvalue weighted by atomic mass is 9.74. The Hall–Kier alpha value is -1.06. The van der Waals surface area contributed by atoms with Crippen molar-refractivity contribution in [1.29, 1.82) is 0 Å². The van der Waals surface area contributed by atoms with Gasteiger partial charge in [0, 0.05) is 18.3 Å². The van der Waals surface area contributed by atoms with Gasteiger partial charge in [-0.15, -0.1) is 12.4 Å². The number of rotatable bonds is 1. The van der Waals surface area contributed by atoms with E-state index < -0.39 is 0 Å². The summed E-state index contributed by atoms with van der Waals surface area (Å²) in [5, 5.41) is 3.08. The Morgan fingerprint density at radius 3 is 2.80 bits per heavy atom. The molecule has 1 aromatic carbocycles. The van der Waals surface area contributed by atoms with E-state index in [1.807, 2.05) is 6.07 Å². The lowest BCUT2D eigenvalue weighted by Crippen LogP contribution is -2.52. The molecule has 1 N–H and O–H groups in total. The lowest BCUT2D eigenvalue weighted by Gasteiger charge is -2.41. The number of carbonyl (C=O) groups is 1. The predicted octanol–water partition coefficient (Wildman–Crippen LogP) is 3.11. The van der Waals surface area contributed by atoms with Crippen LogP contribution in [-0.4, -0.2) is 29.9 Å². The van der Waals surface area contributed by atoms with Gasteiger partial charge >= 0.3 is 0 Å². The number of hydrogen-bond acceptors (Lipinski definition) is 2. The van der Waals surface area contributed by atoms with Crippen LogP contribution < -0.4 is 5.32 Å². The van der Waals surface area contributed by atoms with Crippen LogP contribution in [0.15, 0.2) is 18.2 Å². The maximum atomic E-state index is 12.5. The molecule has 4 heteroatoms.